The van der Waals surface area contributed by atoms with Crippen LogP contribution in [-0.4, -0.2) is 56.0 Å². The highest BCUT2D eigenvalue weighted by molar-refractivity contribution is 5.69. The Morgan fingerprint density at radius 1 is 0.431 bits per heavy atom. The molecule has 0 fully saturated rings. The van der Waals surface area contributed by atoms with Crippen LogP contribution in [0.15, 0.2) is 0 Å². The molecule has 0 aliphatic carbocycles. The summed E-state index contributed by atoms with van der Waals surface area (Å²) in [6.45, 7) is 13.4. The molecule has 0 spiro atoms. The van der Waals surface area contributed by atoms with Crippen molar-refractivity contribution in [1.29, 1.82) is 0 Å². The molecule has 0 aliphatic rings. The fraction of sp³-hybridized carbons (Fsp3) is 0.956. The van der Waals surface area contributed by atoms with E-state index in [9.17, 15) is 9.59 Å². The van der Waals surface area contributed by atoms with E-state index in [0.717, 1.165) is 71.0 Å². The van der Waals surface area contributed by atoms with E-state index in [2.05, 4.69) is 32.6 Å². The molecule has 0 aromatic heterocycles. The number of hydrogen-bond donors (Lipinski definition) is 0. The first kappa shape index (κ1) is 49.7. The van der Waals surface area contributed by atoms with Gasteiger partial charge in [-0.15, -0.1) is 0 Å². The molecule has 0 heterocycles. The molecule has 0 aliphatic heterocycles. The van der Waals surface area contributed by atoms with E-state index in [1.165, 1.54) is 154 Å². The van der Waals surface area contributed by atoms with Crippen LogP contribution >= 0.6 is 0 Å². The monoisotopic (exact) mass is 724 g/mol. The topological polar surface area (TPSA) is 65.1 Å². The summed E-state index contributed by atoms with van der Waals surface area (Å²) >= 11 is 0. The maximum absolute atomic E-state index is 12.7. The Morgan fingerprint density at radius 2 is 0.784 bits per heavy atom. The Hall–Kier alpha value is -1.30. The van der Waals surface area contributed by atoms with Crippen molar-refractivity contribution in [3.05, 3.63) is 0 Å². The molecule has 0 atom stereocenters. The van der Waals surface area contributed by atoms with Crippen LogP contribution in [0, 0.1) is 0 Å². The van der Waals surface area contributed by atoms with Gasteiger partial charge in [-0.1, -0.05) is 175 Å². The van der Waals surface area contributed by atoms with Crippen molar-refractivity contribution in [1.82, 2.24) is 4.90 Å². The molecule has 6 nitrogen and oxygen atoms in total. The van der Waals surface area contributed by atoms with Gasteiger partial charge in [0, 0.05) is 6.42 Å². The van der Waals surface area contributed by atoms with E-state index < -0.39 is 6.16 Å². The summed E-state index contributed by atoms with van der Waals surface area (Å²) in [6, 6.07) is 0. The zero-order chi connectivity index (χ0) is 37.3. The minimum Gasteiger partial charge on any atom is -0.462 e. The van der Waals surface area contributed by atoms with E-state index in [1.54, 1.807) is 0 Å². The summed E-state index contributed by atoms with van der Waals surface area (Å²) in [4.78, 5) is 27.0. The van der Waals surface area contributed by atoms with E-state index in [-0.39, 0.29) is 12.1 Å². The second kappa shape index (κ2) is 41.5. The fourth-order valence-electron chi connectivity index (χ4n) is 6.93. The number of rotatable bonds is 41. The summed E-state index contributed by atoms with van der Waals surface area (Å²) in [5.74, 6) is 0.0324. The van der Waals surface area contributed by atoms with Gasteiger partial charge in [0.2, 0.25) is 0 Å². The number of nitrogens with zero attached hydrogens (tertiary/aromatic N) is 1. The number of unbranched alkanes of at least 4 members (excludes halogenated alkanes) is 25. The SMILES string of the molecule is CCCCCCCCCCCOC(=O)OCCCCCCN(CC)CCCCCCCC(=O)OC(CCCCCCCC)CCCCCCCC. The zero-order valence-corrected chi connectivity index (χ0v) is 34.9. The number of hydrogen-bond acceptors (Lipinski definition) is 6. The first-order chi connectivity index (χ1) is 25.1. The highest BCUT2D eigenvalue weighted by atomic mass is 16.7. The Labute approximate surface area is 318 Å². The molecule has 0 rings (SSSR count). The molecule has 0 unspecified atom stereocenters. The van der Waals surface area contributed by atoms with Crippen molar-refractivity contribution in [2.75, 3.05) is 32.8 Å². The molecule has 0 saturated carbocycles. The minimum absolute atomic E-state index is 0.0324. The van der Waals surface area contributed by atoms with Gasteiger partial charge in [-0.2, -0.15) is 0 Å². The Bertz CT molecular complexity index is 701. The van der Waals surface area contributed by atoms with Gasteiger partial charge >= 0.3 is 12.1 Å². The summed E-state index contributed by atoms with van der Waals surface area (Å²) in [6.07, 6.45) is 39.2. The van der Waals surface area contributed by atoms with Gasteiger partial charge in [-0.05, 0) is 77.4 Å². The highest BCUT2D eigenvalue weighted by Crippen LogP contribution is 2.18. The smallest absolute Gasteiger partial charge is 0.462 e. The molecule has 6 heteroatoms. The predicted molar refractivity (Wildman–Crippen MR) is 219 cm³/mol. The van der Waals surface area contributed by atoms with Crippen LogP contribution in [0.5, 0.6) is 0 Å². The maximum atomic E-state index is 12.7. The van der Waals surface area contributed by atoms with Crippen LogP contribution in [0.3, 0.4) is 0 Å². The highest BCUT2D eigenvalue weighted by Gasteiger charge is 2.14. The first-order valence-corrected chi connectivity index (χ1v) is 22.8. The second-order valence-corrected chi connectivity index (χ2v) is 15.4. The Balaban J connectivity index is 3.82. The van der Waals surface area contributed by atoms with Crippen LogP contribution in [0.2, 0.25) is 0 Å². The van der Waals surface area contributed by atoms with Gasteiger partial charge in [0.15, 0.2) is 0 Å². The maximum Gasteiger partial charge on any atom is 0.508 e. The number of carbonyl (C=O) groups is 2. The predicted octanol–water partition coefficient (Wildman–Crippen LogP) is 14.3. The molecule has 0 saturated heterocycles. The van der Waals surface area contributed by atoms with Crippen molar-refractivity contribution in [2.24, 2.45) is 0 Å². The lowest BCUT2D eigenvalue weighted by Gasteiger charge is -2.20. The van der Waals surface area contributed by atoms with E-state index >= 15 is 0 Å². The lowest BCUT2D eigenvalue weighted by molar-refractivity contribution is -0.150. The third-order valence-electron chi connectivity index (χ3n) is 10.4. The van der Waals surface area contributed by atoms with Crippen molar-refractivity contribution >= 4 is 12.1 Å². The van der Waals surface area contributed by atoms with Crippen LogP contribution in [-0.2, 0) is 19.0 Å². The number of esters is 1. The summed E-state index contributed by atoms with van der Waals surface area (Å²) in [5.41, 5.74) is 0. The van der Waals surface area contributed by atoms with Gasteiger partial charge in [-0.3, -0.25) is 4.79 Å². The quantitative estimate of drug-likeness (QED) is 0.0462. The average molecular weight is 724 g/mol. The number of carbonyl (C=O) groups excluding carboxylic acids is 2. The second-order valence-electron chi connectivity index (χ2n) is 15.4. The Kier molecular flexibility index (Phi) is 40.4. The molecular formula is C45H89NO5. The zero-order valence-electron chi connectivity index (χ0n) is 34.9. The summed E-state index contributed by atoms with van der Waals surface area (Å²) in [7, 11) is 0. The van der Waals surface area contributed by atoms with Crippen LogP contribution in [0.25, 0.3) is 0 Å². The van der Waals surface area contributed by atoms with Gasteiger partial charge < -0.3 is 19.1 Å². The summed E-state index contributed by atoms with van der Waals surface area (Å²) in [5, 5.41) is 0. The van der Waals surface area contributed by atoms with Crippen LogP contribution in [0.1, 0.15) is 240 Å². The van der Waals surface area contributed by atoms with Gasteiger partial charge in [0.25, 0.3) is 0 Å². The van der Waals surface area contributed by atoms with Crippen molar-refractivity contribution in [3.63, 3.8) is 0 Å². The lowest BCUT2D eigenvalue weighted by Crippen LogP contribution is -2.25. The molecule has 0 N–H and O–H groups in total. The minimum atomic E-state index is -0.502. The molecule has 0 bridgehead atoms. The largest absolute Gasteiger partial charge is 0.508 e. The van der Waals surface area contributed by atoms with Crippen molar-refractivity contribution in [3.8, 4) is 0 Å². The van der Waals surface area contributed by atoms with Crippen molar-refractivity contribution < 1.29 is 23.8 Å². The van der Waals surface area contributed by atoms with Gasteiger partial charge in [0.1, 0.15) is 6.10 Å². The van der Waals surface area contributed by atoms with Crippen molar-refractivity contribution in [2.45, 2.75) is 246 Å². The van der Waals surface area contributed by atoms with E-state index in [0.29, 0.717) is 19.6 Å². The molecule has 0 aromatic carbocycles. The molecule has 0 radical (unpaired) electrons. The third kappa shape index (κ3) is 38.2. The van der Waals surface area contributed by atoms with E-state index in [4.69, 9.17) is 14.2 Å². The lowest BCUT2D eigenvalue weighted by atomic mass is 10.0. The molecular weight excluding hydrogens is 634 g/mol. The van der Waals surface area contributed by atoms with Crippen LogP contribution < -0.4 is 0 Å². The molecule has 51 heavy (non-hydrogen) atoms. The fourth-order valence-corrected chi connectivity index (χ4v) is 6.93. The standard InChI is InChI=1S/C45H89NO5/c1-5-9-12-15-18-19-20-27-34-41-49-45(48)50-42-35-28-26-33-40-46(8-4)39-32-25-21-24-31-38-44(47)51-43(36-29-22-16-13-10-6-2)37-30-23-17-14-11-7-3/h43H,5-42H2,1-4H3. The molecule has 0 aromatic rings. The normalized spacial score (nSPS) is 11.5. The Morgan fingerprint density at radius 3 is 1.20 bits per heavy atom. The first-order valence-electron chi connectivity index (χ1n) is 22.8. The van der Waals surface area contributed by atoms with Gasteiger partial charge in [-0.25, -0.2) is 4.79 Å². The average Bonchev–Trinajstić information content (AvgIpc) is 3.13. The summed E-state index contributed by atoms with van der Waals surface area (Å²) < 4.78 is 16.5. The number of ether oxygens (including phenoxy) is 3. The van der Waals surface area contributed by atoms with Gasteiger partial charge in [0.05, 0.1) is 13.2 Å². The molecule has 0 amide bonds. The molecule has 304 valence electrons. The van der Waals surface area contributed by atoms with E-state index in [1.807, 2.05) is 0 Å². The van der Waals surface area contributed by atoms with Crippen LogP contribution in [0.4, 0.5) is 4.79 Å². The third-order valence-corrected chi connectivity index (χ3v) is 10.4.